The molecule has 38 heavy (non-hydrogen) atoms. The molecule has 4 aromatic rings. The first-order valence-electron chi connectivity index (χ1n) is 12.4. The molecule has 1 aromatic carbocycles. The number of methoxy groups -OCH3 is 1. The van der Waals surface area contributed by atoms with Gasteiger partial charge in [-0.05, 0) is 57.5 Å². The second-order valence-electron chi connectivity index (χ2n) is 10.3. The Bertz CT molecular complexity index is 1500. The average molecular weight is 523 g/mol. The highest BCUT2D eigenvalue weighted by atomic mass is 19.1. The van der Waals surface area contributed by atoms with Crippen LogP contribution in [0.15, 0.2) is 36.5 Å². The summed E-state index contributed by atoms with van der Waals surface area (Å²) >= 11 is 0. The van der Waals surface area contributed by atoms with Gasteiger partial charge in [0.05, 0.1) is 22.8 Å². The maximum atomic E-state index is 15.3. The number of pyridine rings is 2. The van der Waals surface area contributed by atoms with Crippen molar-refractivity contribution in [1.29, 1.82) is 0 Å². The molecule has 1 atom stereocenters. The first-order chi connectivity index (χ1) is 18.1. The summed E-state index contributed by atoms with van der Waals surface area (Å²) in [5.41, 5.74) is 2.10. The lowest BCUT2D eigenvalue weighted by Gasteiger charge is -2.22. The molecule has 1 N–H and O–H groups in total. The van der Waals surface area contributed by atoms with E-state index in [4.69, 9.17) is 24.2 Å². The summed E-state index contributed by atoms with van der Waals surface area (Å²) in [5.74, 6) is 0.275. The van der Waals surface area contributed by atoms with Crippen molar-refractivity contribution < 1.29 is 23.4 Å². The van der Waals surface area contributed by atoms with Crippen LogP contribution in [0.25, 0.3) is 33.2 Å². The van der Waals surface area contributed by atoms with Crippen LogP contribution in [0.5, 0.6) is 5.75 Å². The number of carbonyl (C=O) groups is 1. The summed E-state index contributed by atoms with van der Waals surface area (Å²) in [6.45, 7) is 6.80. The predicted octanol–water partition coefficient (Wildman–Crippen LogP) is 4.41. The van der Waals surface area contributed by atoms with Gasteiger partial charge in [0.25, 0.3) is 0 Å². The molecule has 0 radical (unpaired) electrons. The molecule has 0 aliphatic carbocycles. The lowest BCUT2D eigenvalue weighted by molar-refractivity contribution is 0.0488. The van der Waals surface area contributed by atoms with Gasteiger partial charge in [-0.2, -0.15) is 5.10 Å². The Morgan fingerprint density at radius 1 is 1.18 bits per heavy atom. The van der Waals surface area contributed by atoms with Gasteiger partial charge in [-0.1, -0.05) is 0 Å². The van der Waals surface area contributed by atoms with Gasteiger partial charge in [-0.3, -0.25) is 4.68 Å². The van der Waals surface area contributed by atoms with E-state index in [1.165, 1.54) is 7.11 Å². The monoisotopic (exact) mass is 522 g/mol. The Labute approximate surface area is 219 Å². The first-order valence-corrected chi connectivity index (χ1v) is 12.4. The van der Waals surface area contributed by atoms with E-state index < -0.39 is 17.5 Å². The highest BCUT2D eigenvalue weighted by Crippen LogP contribution is 2.37. The topological polar surface area (TPSA) is 104 Å². The molecule has 0 bridgehead atoms. The van der Waals surface area contributed by atoms with Crippen LogP contribution in [0.1, 0.15) is 27.2 Å². The molecule has 1 aliphatic rings. The quantitative estimate of drug-likeness (QED) is 0.372. The van der Waals surface area contributed by atoms with Gasteiger partial charge in [0.1, 0.15) is 16.9 Å². The van der Waals surface area contributed by atoms with E-state index in [2.05, 4.69) is 15.3 Å². The highest BCUT2D eigenvalue weighted by molar-refractivity contribution is 5.89. The van der Waals surface area contributed by atoms with Crippen molar-refractivity contribution in [3.05, 3.63) is 42.3 Å². The van der Waals surface area contributed by atoms with Crippen LogP contribution < -0.4 is 15.0 Å². The number of aryl methyl sites for hydroxylation is 1. The van der Waals surface area contributed by atoms with E-state index in [0.717, 1.165) is 18.8 Å². The number of nitrogens with one attached hydrogen (secondary N) is 1. The number of hydrogen-bond donors (Lipinski definition) is 1. The zero-order valence-corrected chi connectivity index (χ0v) is 22.1. The molecule has 10 nitrogen and oxygen atoms in total. The van der Waals surface area contributed by atoms with Crippen molar-refractivity contribution in [2.45, 2.75) is 38.8 Å². The van der Waals surface area contributed by atoms with E-state index >= 15 is 4.39 Å². The SMILES string of the molecule is COCOc1c(-c2ccc3nc(N4CCC(NC(=O)OC(C)(C)C)C4)ccc3n2)cc2cn(C)nc2c1F. The molecule has 1 aliphatic heterocycles. The van der Waals surface area contributed by atoms with E-state index in [9.17, 15) is 4.79 Å². The third-order valence-corrected chi connectivity index (χ3v) is 6.17. The summed E-state index contributed by atoms with van der Waals surface area (Å²) in [7, 11) is 3.22. The molecule has 3 aromatic heterocycles. The summed E-state index contributed by atoms with van der Waals surface area (Å²) in [6.07, 6.45) is 2.13. The Morgan fingerprint density at radius 2 is 1.95 bits per heavy atom. The molecule has 0 saturated carbocycles. The predicted molar refractivity (Wildman–Crippen MR) is 142 cm³/mol. The number of halogens is 1. The Hall–Kier alpha value is -3.99. The number of carbonyl (C=O) groups excluding carboxylic acids is 1. The van der Waals surface area contributed by atoms with Crippen molar-refractivity contribution in [3.63, 3.8) is 0 Å². The number of benzene rings is 1. The van der Waals surface area contributed by atoms with Gasteiger partial charge in [0.15, 0.2) is 18.4 Å². The second kappa shape index (κ2) is 10.1. The van der Waals surface area contributed by atoms with Gasteiger partial charge in [-0.25, -0.2) is 19.2 Å². The number of nitrogens with zero attached hydrogens (tertiary/aromatic N) is 5. The number of amides is 1. The van der Waals surface area contributed by atoms with Gasteiger partial charge in [-0.15, -0.1) is 0 Å². The van der Waals surface area contributed by atoms with E-state index in [1.807, 2.05) is 45.0 Å². The van der Waals surface area contributed by atoms with Crippen molar-refractivity contribution in [1.82, 2.24) is 25.1 Å². The van der Waals surface area contributed by atoms with Gasteiger partial charge >= 0.3 is 6.09 Å². The van der Waals surface area contributed by atoms with Crippen LogP contribution in [0.3, 0.4) is 0 Å². The Kier molecular flexibility index (Phi) is 6.78. The van der Waals surface area contributed by atoms with Gasteiger partial charge < -0.3 is 24.4 Å². The zero-order chi connectivity index (χ0) is 27.0. The minimum atomic E-state index is -0.561. The third kappa shape index (κ3) is 5.33. The summed E-state index contributed by atoms with van der Waals surface area (Å²) in [4.78, 5) is 23.8. The molecule has 4 heterocycles. The average Bonchev–Trinajstić information content (AvgIpc) is 3.47. The van der Waals surface area contributed by atoms with E-state index in [0.29, 0.717) is 34.2 Å². The van der Waals surface area contributed by atoms with Gasteiger partial charge in [0.2, 0.25) is 0 Å². The molecule has 200 valence electrons. The van der Waals surface area contributed by atoms with Crippen LogP contribution in [-0.2, 0) is 16.5 Å². The van der Waals surface area contributed by atoms with Crippen molar-refractivity contribution in [3.8, 4) is 17.0 Å². The fraction of sp³-hybridized carbons (Fsp3) is 0.407. The fourth-order valence-electron chi connectivity index (χ4n) is 4.56. The summed E-state index contributed by atoms with van der Waals surface area (Å²) in [6, 6.07) is 9.25. The molecule has 1 unspecified atom stereocenters. The maximum absolute atomic E-state index is 15.3. The van der Waals surface area contributed by atoms with Crippen LogP contribution in [0.4, 0.5) is 15.0 Å². The Morgan fingerprint density at radius 3 is 2.71 bits per heavy atom. The van der Waals surface area contributed by atoms with E-state index in [-0.39, 0.29) is 24.1 Å². The maximum Gasteiger partial charge on any atom is 0.407 e. The number of ether oxygens (including phenoxy) is 3. The summed E-state index contributed by atoms with van der Waals surface area (Å²) in [5, 5.41) is 7.78. The molecule has 1 saturated heterocycles. The van der Waals surface area contributed by atoms with Crippen molar-refractivity contribution in [2.24, 2.45) is 7.05 Å². The number of rotatable bonds is 6. The van der Waals surface area contributed by atoms with E-state index in [1.54, 1.807) is 24.0 Å². The van der Waals surface area contributed by atoms with Crippen LogP contribution in [0.2, 0.25) is 0 Å². The molecule has 11 heteroatoms. The zero-order valence-electron chi connectivity index (χ0n) is 22.1. The lowest BCUT2D eigenvalue weighted by atomic mass is 10.1. The second-order valence-corrected chi connectivity index (χ2v) is 10.3. The molecular formula is C27H31FN6O4. The van der Waals surface area contributed by atoms with Gasteiger partial charge in [0, 0.05) is 44.4 Å². The number of aromatic nitrogens is 4. The highest BCUT2D eigenvalue weighted by Gasteiger charge is 2.27. The van der Waals surface area contributed by atoms with Crippen LogP contribution in [0, 0.1) is 5.82 Å². The lowest BCUT2D eigenvalue weighted by Crippen LogP contribution is -2.40. The number of alkyl carbamates (subject to hydrolysis) is 1. The number of anilines is 1. The third-order valence-electron chi connectivity index (χ3n) is 6.17. The largest absolute Gasteiger partial charge is 0.464 e. The van der Waals surface area contributed by atoms with Crippen molar-refractivity contribution >= 4 is 33.8 Å². The van der Waals surface area contributed by atoms with Crippen LogP contribution >= 0.6 is 0 Å². The molecule has 5 rings (SSSR count). The minimum absolute atomic E-state index is 0.0225. The molecule has 0 spiro atoms. The summed E-state index contributed by atoms with van der Waals surface area (Å²) < 4.78 is 32.9. The number of hydrogen-bond acceptors (Lipinski definition) is 8. The standard InChI is InChI=1S/C27H31FN6O4/c1-27(2,3)38-26(35)29-17-10-11-34(14-17)22-9-8-20-21(31-22)7-6-19(30-20)18-12-16-13-33(4)32-24(16)23(28)25(18)37-15-36-5/h6-9,12-13,17H,10-11,14-15H2,1-5H3,(H,29,35). The van der Waals surface area contributed by atoms with Crippen LogP contribution in [-0.4, -0.2) is 64.5 Å². The smallest absolute Gasteiger partial charge is 0.407 e. The fourth-order valence-corrected chi connectivity index (χ4v) is 4.56. The van der Waals surface area contributed by atoms with Crippen molar-refractivity contribution in [2.75, 3.05) is 31.9 Å². The molecule has 1 amide bonds. The normalized spacial score (nSPS) is 15.8. The number of fused-ring (bicyclic) bond motifs is 2. The first kappa shape index (κ1) is 25.7. The molecule has 1 fully saturated rings. The minimum Gasteiger partial charge on any atom is -0.464 e. The Balaban J connectivity index is 1.39. The molecular weight excluding hydrogens is 491 g/mol.